The number of methoxy groups -OCH3 is 1. The summed E-state index contributed by atoms with van der Waals surface area (Å²) in [6.07, 6.45) is 1.47. The monoisotopic (exact) mass is 297 g/mol. The average Bonchev–Trinajstić information content (AvgIpc) is 2.55. The zero-order valence-corrected chi connectivity index (χ0v) is 12.7. The van der Waals surface area contributed by atoms with E-state index in [0.717, 1.165) is 22.8 Å². The molecule has 0 atom stereocenters. The number of para-hydroxylation sites is 1. The third-order valence-electron chi connectivity index (χ3n) is 2.97. The Kier molecular flexibility index (Phi) is 5.60. The maximum absolute atomic E-state index is 11.1. The first kappa shape index (κ1) is 15.6. The molecule has 0 heterocycles. The number of ether oxygens (including phenoxy) is 2. The number of carbonyl (C=O) groups excluding carboxylic acids is 1. The largest absolute Gasteiger partial charge is 0.466 e. The number of rotatable bonds is 6. The van der Waals surface area contributed by atoms with Gasteiger partial charge >= 0.3 is 5.97 Å². The summed E-state index contributed by atoms with van der Waals surface area (Å²) in [5.74, 6) is 1.24. The third kappa shape index (κ3) is 4.98. The molecule has 4 heteroatoms. The van der Waals surface area contributed by atoms with Crippen molar-refractivity contribution in [3.63, 3.8) is 0 Å². The second kappa shape index (κ2) is 7.88. The van der Waals surface area contributed by atoms with Crippen LogP contribution >= 0.6 is 0 Å². The van der Waals surface area contributed by atoms with Crippen molar-refractivity contribution < 1.29 is 14.3 Å². The summed E-state index contributed by atoms with van der Waals surface area (Å²) in [5.41, 5.74) is 1.86. The van der Waals surface area contributed by atoms with Gasteiger partial charge in [-0.05, 0) is 48.9 Å². The number of carbonyl (C=O) groups is 1. The van der Waals surface area contributed by atoms with Gasteiger partial charge in [0.2, 0.25) is 0 Å². The van der Waals surface area contributed by atoms with Crippen molar-refractivity contribution in [3.05, 3.63) is 66.2 Å². The third-order valence-corrected chi connectivity index (χ3v) is 2.97. The molecule has 0 unspecified atom stereocenters. The van der Waals surface area contributed by atoms with E-state index < -0.39 is 0 Å². The predicted octanol–water partition coefficient (Wildman–Crippen LogP) is 4.01. The lowest BCUT2D eigenvalue weighted by molar-refractivity contribution is -0.134. The van der Waals surface area contributed by atoms with E-state index in [1.807, 2.05) is 61.5 Å². The molecular weight excluding hydrogens is 278 g/mol. The smallest absolute Gasteiger partial charge is 0.330 e. The van der Waals surface area contributed by atoms with Gasteiger partial charge in [0.15, 0.2) is 0 Å². The number of esters is 1. The molecule has 0 bridgehead atoms. The van der Waals surface area contributed by atoms with Crippen LogP contribution in [0, 0.1) is 0 Å². The van der Waals surface area contributed by atoms with Crippen LogP contribution in [-0.4, -0.2) is 19.6 Å². The van der Waals surface area contributed by atoms with E-state index in [2.05, 4.69) is 10.1 Å². The lowest BCUT2D eigenvalue weighted by atomic mass is 10.2. The first-order valence-corrected chi connectivity index (χ1v) is 6.99. The quantitative estimate of drug-likeness (QED) is 0.646. The highest BCUT2D eigenvalue weighted by molar-refractivity contribution is 5.82. The highest BCUT2D eigenvalue weighted by Gasteiger charge is 1.99. The summed E-state index contributed by atoms with van der Waals surface area (Å²) in [7, 11) is 1.37. The van der Waals surface area contributed by atoms with Crippen LogP contribution in [0.25, 0.3) is 0 Å². The molecule has 0 aliphatic heterocycles. The van der Waals surface area contributed by atoms with Crippen LogP contribution in [0.5, 0.6) is 11.5 Å². The van der Waals surface area contributed by atoms with Crippen LogP contribution in [-0.2, 0) is 9.53 Å². The first-order chi connectivity index (χ1) is 10.7. The van der Waals surface area contributed by atoms with Crippen molar-refractivity contribution in [2.24, 2.45) is 0 Å². The molecule has 2 rings (SSSR count). The van der Waals surface area contributed by atoms with Gasteiger partial charge in [-0.1, -0.05) is 18.2 Å². The lowest BCUT2D eigenvalue weighted by Gasteiger charge is -2.09. The Hall–Kier alpha value is -2.75. The summed E-state index contributed by atoms with van der Waals surface area (Å²) in [5, 5.41) is 3.23. The van der Waals surface area contributed by atoms with Gasteiger partial charge in [-0.15, -0.1) is 0 Å². The highest BCUT2D eigenvalue weighted by atomic mass is 16.5. The normalized spacial score (nSPS) is 10.9. The van der Waals surface area contributed by atoms with Crippen molar-refractivity contribution in [3.8, 4) is 11.5 Å². The molecule has 0 amide bonds. The molecule has 1 N–H and O–H groups in total. The molecule has 0 fully saturated rings. The fraction of sp³-hybridized carbons (Fsp3) is 0.167. The van der Waals surface area contributed by atoms with Crippen molar-refractivity contribution in [1.82, 2.24) is 0 Å². The highest BCUT2D eigenvalue weighted by Crippen LogP contribution is 2.22. The molecule has 22 heavy (non-hydrogen) atoms. The summed E-state index contributed by atoms with van der Waals surface area (Å²) in [4.78, 5) is 11.1. The van der Waals surface area contributed by atoms with Crippen LogP contribution < -0.4 is 10.1 Å². The van der Waals surface area contributed by atoms with Crippen molar-refractivity contribution in [2.45, 2.75) is 6.92 Å². The SMILES string of the molecule is COC(=O)C=C(C)CNc1ccc(Oc2ccccc2)cc1. The standard InChI is InChI=1S/C18H19NO3/c1-14(12-18(20)21-2)13-19-15-8-10-17(11-9-15)22-16-6-4-3-5-7-16/h3-12,19H,13H2,1-2H3. The fourth-order valence-corrected chi connectivity index (χ4v) is 1.82. The van der Waals surface area contributed by atoms with Gasteiger partial charge < -0.3 is 14.8 Å². The van der Waals surface area contributed by atoms with Gasteiger partial charge in [0.1, 0.15) is 11.5 Å². The summed E-state index contributed by atoms with van der Waals surface area (Å²) >= 11 is 0. The zero-order chi connectivity index (χ0) is 15.8. The molecule has 0 radical (unpaired) electrons. The van der Waals surface area contributed by atoms with E-state index in [0.29, 0.717) is 6.54 Å². The molecule has 2 aromatic carbocycles. The van der Waals surface area contributed by atoms with Crippen molar-refractivity contribution >= 4 is 11.7 Å². The van der Waals surface area contributed by atoms with Gasteiger partial charge in [-0.25, -0.2) is 4.79 Å². The van der Waals surface area contributed by atoms with Crippen LogP contribution in [0.15, 0.2) is 66.2 Å². The molecule has 0 saturated heterocycles. The Balaban J connectivity index is 1.89. The number of hydrogen-bond acceptors (Lipinski definition) is 4. The fourth-order valence-electron chi connectivity index (χ4n) is 1.82. The summed E-state index contributed by atoms with van der Waals surface area (Å²) < 4.78 is 10.3. The van der Waals surface area contributed by atoms with Gasteiger partial charge in [0.25, 0.3) is 0 Å². The number of anilines is 1. The molecular formula is C18H19NO3. The van der Waals surface area contributed by atoms with Gasteiger partial charge in [0, 0.05) is 18.3 Å². The Morgan fingerprint density at radius 1 is 1.05 bits per heavy atom. The minimum absolute atomic E-state index is 0.342. The van der Waals surface area contributed by atoms with E-state index in [1.165, 1.54) is 13.2 Å². The van der Waals surface area contributed by atoms with Gasteiger partial charge in [0.05, 0.1) is 7.11 Å². The van der Waals surface area contributed by atoms with Crippen LogP contribution in [0.1, 0.15) is 6.92 Å². The van der Waals surface area contributed by atoms with Gasteiger partial charge in [-0.3, -0.25) is 0 Å². The van der Waals surface area contributed by atoms with E-state index in [4.69, 9.17) is 4.74 Å². The average molecular weight is 297 g/mol. The molecule has 0 aromatic heterocycles. The van der Waals surface area contributed by atoms with Crippen LogP contribution in [0.4, 0.5) is 5.69 Å². The maximum atomic E-state index is 11.1. The second-order valence-corrected chi connectivity index (χ2v) is 4.81. The molecule has 114 valence electrons. The Morgan fingerprint density at radius 3 is 2.32 bits per heavy atom. The molecule has 0 saturated carbocycles. The molecule has 0 spiro atoms. The van der Waals surface area contributed by atoms with Crippen molar-refractivity contribution in [1.29, 1.82) is 0 Å². The Morgan fingerprint density at radius 2 is 1.68 bits per heavy atom. The van der Waals surface area contributed by atoms with E-state index >= 15 is 0 Å². The van der Waals surface area contributed by atoms with Crippen LogP contribution in [0.3, 0.4) is 0 Å². The second-order valence-electron chi connectivity index (χ2n) is 4.81. The Bertz CT molecular complexity index is 633. The van der Waals surface area contributed by atoms with Crippen LogP contribution in [0.2, 0.25) is 0 Å². The molecule has 2 aromatic rings. The maximum Gasteiger partial charge on any atom is 0.330 e. The lowest BCUT2D eigenvalue weighted by Crippen LogP contribution is -2.05. The number of hydrogen-bond donors (Lipinski definition) is 1. The van der Waals surface area contributed by atoms with Crippen molar-refractivity contribution in [2.75, 3.05) is 19.0 Å². The zero-order valence-electron chi connectivity index (χ0n) is 12.7. The minimum Gasteiger partial charge on any atom is -0.466 e. The predicted molar refractivity (Wildman–Crippen MR) is 87.2 cm³/mol. The minimum atomic E-state index is -0.342. The van der Waals surface area contributed by atoms with Gasteiger partial charge in [-0.2, -0.15) is 0 Å². The van der Waals surface area contributed by atoms with E-state index in [1.54, 1.807) is 0 Å². The van der Waals surface area contributed by atoms with E-state index in [-0.39, 0.29) is 5.97 Å². The summed E-state index contributed by atoms with van der Waals surface area (Å²) in [6.45, 7) is 2.45. The Labute approximate surface area is 130 Å². The topological polar surface area (TPSA) is 47.6 Å². The number of nitrogens with one attached hydrogen (secondary N) is 1. The number of benzene rings is 2. The van der Waals surface area contributed by atoms with E-state index in [9.17, 15) is 4.79 Å². The molecule has 0 aliphatic rings. The summed E-state index contributed by atoms with van der Waals surface area (Å²) in [6, 6.07) is 17.3. The first-order valence-electron chi connectivity index (χ1n) is 6.99. The molecule has 4 nitrogen and oxygen atoms in total. The molecule has 0 aliphatic carbocycles.